The van der Waals surface area contributed by atoms with Crippen molar-refractivity contribution in [3.8, 4) is 11.8 Å². The van der Waals surface area contributed by atoms with Crippen molar-refractivity contribution in [1.29, 1.82) is 0 Å². The predicted octanol–water partition coefficient (Wildman–Crippen LogP) is 6.05. The molecule has 2 N–H and O–H groups in total. The number of hydrogen-bond donors (Lipinski definition) is 2. The maximum absolute atomic E-state index is 11.4. The van der Waals surface area contributed by atoms with Gasteiger partial charge in [-0.1, -0.05) is 13.8 Å². The molecule has 0 heterocycles. The molecule has 0 unspecified atom stereocenters. The summed E-state index contributed by atoms with van der Waals surface area (Å²) in [6.45, 7) is 4.12. The molecule has 0 aliphatic rings. The van der Waals surface area contributed by atoms with Gasteiger partial charge in [0.25, 0.3) is 11.6 Å². The Morgan fingerprint density at radius 1 is 0.588 bits per heavy atom. The van der Waals surface area contributed by atoms with E-state index in [4.69, 9.17) is 10.2 Å². The van der Waals surface area contributed by atoms with Crippen molar-refractivity contribution in [2.45, 2.75) is 51.4 Å². The van der Waals surface area contributed by atoms with E-state index in [0.717, 1.165) is 12.8 Å². The molecule has 0 fully saturated rings. The fourth-order valence-electron chi connectivity index (χ4n) is 0.826. The first-order valence-corrected chi connectivity index (χ1v) is 7.65. The zero-order chi connectivity index (χ0) is 26.6. The molecule has 4 nitrogen and oxygen atoms in total. The molecule has 0 rings (SSSR count). The monoisotopic (exact) mass is 712 g/mol. The Morgan fingerprint density at radius 2 is 0.794 bits per heavy atom. The normalized spacial score (nSPS) is 12.2. The fourth-order valence-corrected chi connectivity index (χ4v) is 0.826. The van der Waals surface area contributed by atoms with E-state index < -0.39 is 59.9 Å². The average molecular weight is 714 g/mol. The van der Waals surface area contributed by atoms with Gasteiger partial charge in [0.1, 0.15) is 0 Å². The molecule has 0 aromatic heterocycles. The van der Waals surface area contributed by atoms with Crippen molar-refractivity contribution in [2.75, 3.05) is 0 Å². The predicted molar refractivity (Wildman–Crippen MR) is 84.0 cm³/mol. The quantitative estimate of drug-likeness (QED) is 0.120. The minimum atomic E-state index is -5.42. The summed E-state index contributed by atoms with van der Waals surface area (Å²) in [5.74, 6) is -4.78. The van der Waals surface area contributed by atoms with Crippen LogP contribution < -0.4 is 0 Å². The van der Waals surface area contributed by atoms with Gasteiger partial charge in [-0.15, -0.1) is 11.8 Å². The van der Waals surface area contributed by atoms with Crippen molar-refractivity contribution in [1.82, 2.24) is 0 Å². The van der Waals surface area contributed by atoms with E-state index in [-0.39, 0.29) is 44.8 Å². The van der Waals surface area contributed by atoms with E-state index in [2.05, 4.69) is 25.7 Å². The summed E-state index contributed by atoms with van der Waals surface area (Å²) < 4.78 is 136. The minimum absolute atomic E-state index is 0. The summed E-state index contributed by atoms with van der Waals surface area (Å²) in [5.41, 5.74) is 0. The minimum Gasteiger partial charge on any atom is -0.504 e. The van der Waals surface area contributed by atoms with Crippen LogP contribution in [0.15, 0.2) is 23.7 Å². The number of aliphatic hydroxyl groups excluding tert-OH is 2. The molecule has 0 atom stereocenters. The van der Waals surface area contributed by atoms with Gasteiger partial charge in [0, 0.05) is 69.8 Å². The fraction of sp³-hybridized carbons (Fsp3) is 0.500. The number of aliphatic hydroxyl groups is 2. The van der Waals surface area contributed by atoms with Gasteiger partial charge in [-0.05, 0) is 0 Å². The number of alkyl halides is 12. The number of halogens is 12. The third kappa shape index (κ3) is 23.8. The van der Waals surface area contributed by atoms with E-state index in [0.29, 0.717) is 0 Å². The molecule has 34 heavy (non-hydrogen) atoms. The molecule has 0 spiro atoms. The Kier molecular flexibility index (Phi) is 22.6. The van der Waals surface area contributed by atoms with Crippen molar-refractivity contribution in [2.24, 2.45) is 0 Å². The Labute approximate surface area is 215 Å². The maximum atomic E-state index is 11.4. The Balaban J connectivity index is -0.000000128. The molecule has 0 bridgehead atoms. The number of carbonyl (C=O) groups excluding carboxylic acids is 2. The Morgan fingerprint density at radius 3 is 0.912 bits per heavy atom. The van der Waals surface area contributed by atoms with Gasteiger partial charge in [0.15, 0.2) is 0 Å². The van der Waals surface area contributed by atoms with Gasteiger partial charge >= 0.3 is 24.7 Å². The molecule has 208 valence electrons. The smallest absolute Gasteiger partial charge is 0.454 e. The molecule has 0 aliphatic heterocycles. The van der Waals surface area contributed by atoms with E-state index in [9.17, 15) is 62.3 Å². The van der Waals surface area contributed by atoms with Crippen LogP contribution in [0, 0.1) is 11.8 Å². The maximum Gasteiger partial charge on any atom is 0.454 e. The number of allylic oxidation sites excluding steroid dienone is 4. The number of rotatable bonds is 2. The molecule has 0 saturated carbocycles. The van der Waals surface area contributed by atoms with Gasteiger partial charge in [0.05, 0.1) is 0 Å². The van der Waals surface area contributed by atoms with Crippen LogP contribution in [0.25, 0.3) is 0 Å². The third-order valence-corrected chi connectivity index (χ3v) is 2.15. The first-order chi connectivity index (χ1) is 14.0. The third-order valence-electron chi connectivity index (χ3n) is 2.15. The first-order valence-electron chi connectivity index (χ1n) is 7.65. The van der Waals surface area contributed by atoms with Gasteiger partial charge in [-0.3, -0.25) is 9.59 Å². The molecule has 2 radical (unpaired) electrons. The van der Waals surface area contributed by atoms with Gasteiger partial charge in [0.2, 0.25) is 11.5 Å². The van der Waals surface area contributed by atoms with Gasteiger partial charge in [-0.25, -0.2) is 0 Å². The molecule has 0 amide bonds. The SMILES string of the molecule is CCC#CCC.O=C(/C=C(\O)C(F)(F)F)C(F)(F)F.O=C(/C=C(\O)C(F)(F)F)C(F)(F)F.[Ag].[Ag]. The van der Waals surface area contributed by atoms with Crippen LogP contribution in [0.3, 0.4) is 0 Å². The van der Waals surface area contributed by atoms with Gasteiger partial charge in [-0.2, -0.15) is 52.7 Å². The van der Waals surface area contributed by atoms with Crippen LogP contribution in [-0.4, -0.2) is 46.5 Å². The molecular formula is C16H14Ag2F12O4. The Bertz CT molecular complexity index is 677. The second-order valence-corrected chi connectivity index (χ2v) is 4.84. The molecule has 0 aromatic rings. The largest absolute Gasteiger partial charge is 0.504 e. The first kappa shape index (κ1) is 42.8. The van der Waals surface area contributed by atoms with E-state index in [1.165, 1.54) is 0 Å². The van der Waals surface area contributed by atoms with E-state index in [1.54, 1.807) is 0 Å². The standard InChI is InChI=1S/C6H10.2C5H2F6O2.2Ag/c1-3-5-6-4-2;2*6-4(7,8)2(12)1-3(13)5(9,10)11;;/h3-4H2,1-2H3;2*1,12H;;/b;2*2-1-;;. The summed E-state index contributed by atoms with van der Waals surface area (Å²) in [6, 6.07) is 0. The van der Waals surface area contributed by atoms with Crippen LogP contribution in [0.5, 0.6) is 0 Å². The van der Waals surface area contributed by atoms with Crippen molar-refractivity contribution in [3.63, 3.8) is 0 Å². The number of hydrogen-bond acceptors (Lipinski definition) is 4. The van der Waals surface area contributed by atoms with Crippen LogP contribution in [0.4, 0.5) is 52.7 Å². The molecule has 0 aliphatic carbocycles. The van der Waals surface area contributed by atoms with Crippen LogP contribution in [0.2, 0.25) is 0 Å². The van der Waals surface area contributed by atoms with Crippen molar-refractivity contribution >= 4 is 11.6 Å². The van der Waals surface area contributed by atoms with E-state index in [1.807, 2.05) is 0 Å². The summed E-state index contributed by atoms with van der Waals surface area (Å²) in [6.07, 6.45) is -21.4. The van der Waals surface area contributed by atoms with E-state index >= 15 is 0 Å². The van der Waals surface area contributed by atoms with Crippen molar-refractivity contribution < 1.29 is 117 Å². The molecular weight excluding hydrogens is 700 g/mol. The second kappa shape index (κ2) is 18.0. The van der Waals surface area contributed by atoms with Crippen molar-refractivity contribution in [3.05, 3.63) is 23.7 Å². The average Bonchev–Trinajstić information content (AvgIpc) is 2.57. The van der Waals surface area contributed by atoms with Crippen LogP contribution >= 0.6 is 0 Å². The Hall–Kier alpha value is -1.38. The summed E-state index contributed by atoms with van der Waals surface area (Å²) >= 11 is 0. The second-order valence-electron chi connectivity index (χ2n) is 4.84. The topological polar surface area (TPSA) is 74.6 Å². The zero-order valence-corrected chi connectivity index (χ0v) is 19.4. The van der Waals surface area contributed by atoms with Crippen LogP contribution in [-0.2, 0) is 54.3 Å². The summed E-state index contributed by atoms with van der Waals surface area (Å²) in [5, 5.41) is 15.9. The van der Waals surface area contributed by atoms with Gasteiger partial charge < -0.3 is 10.2 Å². The summed E-state index contributed by atoms with van der Waals surface area (Å²) in [4.78, 5) is 19.7. The molecule has 0 aromatic carbocycles. The summed E-state index contributed by atoms with van der Waals surface area (Å²) in [7, 11) is 0. The number of carbonyl (C=O) groups is 2. The number of ketones is 2. The molecule has 18 heteroatoms. The molecule has 0 saturated heterocycles. The van der Waals surface area contributed by atoms with Crippen LogP contribution in [0.1, 0.15) is 26.7 Å². The zero-order valence-electron chi connectivity index (χ0n) is 16.4.